The minimum Gasteiger partial charge on any atom is -0.481 e. The Morgan fingerprint density at radius 1 is 1.14 bits per heavy atom. The fourth-order valence-corrected chi connectivity index (χ4v) is 6.50. The summed E-state index contributed by atoms with van der Waals surface area (Å²) in [5.74, 6) is -1.77. The number of aliphatic carboxylic acids is 1. The number of likely N-dealkylation sites (tertiary alicyclic amines) is 1. The average molecular weight is 541 g/mol. The molecular weight excluding hydrogens is 509 g/mol. The van der Waals surface area contributed by atoms with Crippen molar-refractivity contribution in [1.82, 2.24) is 4.90 Å². The Morgan fingerprint density at radius 3 is 2.29 bits per heavy atom. The molecule has 1 amide bonds. The molecule has 1 aliphatic rings. The summed E-state index contributed by atoms with van der Waals surface area (Å²) in [7, 11) is -3.50. The number of piperidine rings is 1. The molecule has 0 saturated carbocycles. The van der Waals surface area contributed by atoms with E-state index in [0.29, 0.717) is 16.5 Å². The smallest absolute Gasteiger partial charge is 0.304 e. The summed E-state index contributed by atoms with van der Waals surface area (Å²) < 4.78 is 25.3. The minimum absolute atomic E-state index is 0.270. The van der Waals surface area contributed by atoms with Crippen LogP contribution in [0.5, 0.6) is 0 Å². The summed E-state index contributed by atoms with van der Waals surface area (Å²) in [6.45, 7) is 5.10. The number of carbonyl (C=O) groups excluding carboxylic acids is 1. The Morgan fingerprint density at radius 2 is 1.77 bits per heavy atom. The first-order chi connectivity index (χ1) is 16.3. The molecule has 0 aliphatic carbocycles. The van der Waals surface area contributed by atoms with E-state index in [1.54, 1.807) is 36.9 Å². The quantitative estimate of drug-likeness (QED) is 0.461. The van der Waals surface area contributed by atoms with Gasteiger partial charge in [0.05, 0.1) is 23.1 Å². The fraction of sp³-hybridized carbons (Fsp3) is 0.462. The molecule has 6 nitrogen and oxygen atoms in total. The van der Waals surface area contributed by atoms with Crippen LogP contribution in [0.3, 0.4) is 0 Å². The van der Waals surface area contributed by atoms with Gasteiger partial charge >= 0.3 is 5.97 Å². The number of halogens is 2. The van der Waals surface area contributed by atoms with Crippen LogP contribution in [0.1, 0.15) is 63.1 Å². The number of hydrogen-bond donors (Lipinski definition) is 1. The molecule has 190 valence electrons. The molecule has 0 spiro atoms. The number of nitrogens with zero attached hydrogens (tertiary/aromatic N) is 1. The van der Waals surface area contributed by atoms with Gasteiger partial charge in [0.1, 0.15) is 0 Å². The highest BCUT2D eigenvalue weighted by atomic mass is 35.5. The molecule has 0 aromatic heterocycles. The van der Waals surface area contributed by atoms with Crippen LogP contribution in [0.15, 0.2) is 48.5 Å². The van der Waals surface area contributed by atoms with Gasteiger partial charge in [-0.1, -0.05) is 61.3 Å². The predicted octanol–water partition coefficient (Wildman–Crippen LogP) is 5.74. The van der Waals surface area contributed by atoms with Crippen LogP contribution in [0.25, 0.3) is 0 Å². The highest BCUT2D eigenvalue weighted by Gasteiger charge is 2.53. The molecule has 2 aromatic rings. The average Bonchev–Trinajstić information content (AvgIpc) is 2.76. The van der Waals surface area contributed by atoms with E-state index < -0.39 is 38.6 Å². The van der Waals surface area contributed by atoms with Gasteiger partial charge < -0.3 is 10.0 Å². The van der Waals surface area contributed by atoms with Crippen molar-refractivity contribution in [1.29, 1.82) is 0 Å². The topological polar surface area (TPSA) is 91.8 Å². The predicted molar refractivity (Wildman–Crippen MR) is 139 cm³/mol. The van der Waals surface area contributed by atoms with Crippen molar-refractivity contribution in [3.63, 3.8) is 0 Å². The third-order valence-electron chi connectivity index (χ3n) is 7.12. The molecule has 1 N–H and O–H groups in total. The highest BCUT2D eigenvalue weighted by molar-refractivity contribution is 7.91. The molecule has 1 aliphatic heterocycles. The number of carboxylic acid groups (broad SMARTS) is 1. The van der Waals surface area contributed by atoms with Gasteiger partial charge in [-0.25, -0.2) is 8.42 Å². The summed E-state index contributed by atoms with van der Waals surface area (Å²) in [6.07, 6.45) is 1.45. The number of carbonyl (C=O) groups is 2. The molecule has 1 heterocycles. The van der Waals surface area contributed by atoms with Crippen LogP contribution in [-0.4, -0.2) is 47.8 Å². The van der Waals surface area contributed by atoms with Gasteiger partial charge in [-0.15, -0.1) is 0 Å². The van der Waals surface area contributed by atoms with Gasteiger partial charge in [-0.05, 0) is 55.2 Å². The number of sulfone groups is 1. The molecule has 2 aromatic carbocycles. The number of amides is 1. The van der Waals surface area contributed by atoms with Crippen molar-refractivity contribution in [3.8, 4) is 0 Å². The number of rotatable bonds is 8. The van der Waals surface area contributed by atoms with Crippen molar-refractivity contribution >= 4 is 44.9 Å². The third-order valence-corrected chi connectivity index (χ3v) is 9.28. The van der Waals surface area contributed by atoms with E-state index in [2.05, 4.69) is 0 Å². The van der Waals surface area contributed by atoms with Crippen molar-refractivity contribution < 1.29 is 23.1 Å². The van der Waals surface area contributed by atoms with E-state index in [1.165, 1.54) is 0 Å². The zero-order valence-corrected chi connectivity index (χ0v) is 22.6. The molecule has 1 saturated heterocycles. The maximum atomic E-state index is 14.1. The summed E-state index contributed by atoms with van der Waals surface area (Å²) >= 11 is 12.5. The summed E-state index contributed by atoms with van der Waals surface area (Å²) in [5, 5.41) is 9.89. The van der Waals surface area contributed by atoms with Crippen molar-refractivity contribution in [2.45, 2.75) is 63.3 Å². The van der Waals surface area contributed by atoms with Crippen molar-refractivity contribution in [2.75, 3.05) is 6.26 Å². The zero-order valence-electron chi connectivity index (χ0n) is 20.2. The monoisotopic (exact) mass is 539 g/mol. The Kier molecular flexibility index (Phi) is 8.24. The van der Waals surface area contributed by atoms with Crippen molar-refractivity contribution in [3.05, 3.63) is 69.7 Å². The number of benzene rings is 2. The van der Waals surface area contributed by atoms with E-state index in [0.717, 1.165) is 17.4 Å². The van der Waals surface area contributed by atoms with Gasteiger partial charge in [-0.2, -0.15) is 0 Å². The Balaban J connectivity index is 2.30. The Labute approximate surface area is 217 Å². The Hall–Kier alpha value is -2.09. The first kappa shape index (κ1) is 27.5. The molecule has 5 unspecified atom stereocenters. The molecule has 3 rings (SSSR count). The lowest BCUT2D eigenvalue weighted by Crippen LogP contribution is -2.59. The Bertz CT molecular complexity index is 1200. The van der Waals surface area contributed by atoms with Gasteiger partial charge in [0.25, 0.3) is 0 Å². The van der Waals surface area contributed by atoms with E-state index in [4.69, 9.17) is 23.2 Å². The normalized spacial score (nSPS) is 24.7. The van der Waals surface area contributed by atoms with Crippen LogP contribution < -0.4 is 0 Å². The lowest BCUT2D eigenvalue weighted by atomic mass is 9.67. The standard InChI is InChI=1S/C26H31Cl2NO5S/c1-5-22(16(2)35(4,33)34)29-24(17-9-11-19(27)12-10-17)21(18-7-6-8-20(28)13-18)14-26(3,25(29)32)15-23(30)31/h6-13,16,21-22,24H,5,14-15H2,1-4H3,(H,30,31). The van der Waals surface area contributed by atoms with Gasteiger partial charge in [0.15, 0.2) is 9.84 Å². The number of hydrogen-bond acceptors (Lipinski definition) is 4. The van der Waals surface area contributed by atoms with Crippen LogP contribution in [0, 0.1) is 5.41 Å². The van der Waals surface area contributed by atoms with Crippen LogP contribution >= 0.6 is 23.2 Å². The summed E-state index contributed by atoms with van der Waals surface area (Å²) in [5.41, 5.74) is 0.421. The summed E-state index contributed by atoms with van der Waals surface area (Å²) in [6, 6.07) is 13.3. The van der Waals surface area contributed by atoms with Crippen LogP contribution in [0.4, 0.5) is 0 Å². The van der Waals surface area contributed by atoms with E-state index in [-0.39, 0.29) is 24.7 Å². The molecule has 0 bridgehead atoms. The fourth-order valence-electron chi connectivity index (χ4n) is 5.28. The maximum absolute atomic E-state index is 14.1. The first-order valence-corrected chi connectivity index (χ1v) is 14.2. The molecule has 9 heteroatoms. The molecule has 5 atom stereocenters. The van der Waals surface area contributed by atoms with E-state index >= 15 is 0 Å². The lowest BCUT2D eigenvalue weighted by Gasteiger charge is -2.52. The van der Waals surface area contributed by atoms with Crippen LogP contribution in [0.2, 0.25) is 10.0 Å². The largest absolute Gasteiger partial charge is 0.481 e. The first-order valence-electron chi connectivity index (χ1n) is 11.5. The second-order valence-corrected chi connectivity index (χ2v) is 13.0. The lowest BCUT2D eigenvalue weighted by molar-refractivity contribution is -0.160. The minimum atomic E-state index is -3.50. The molecule has 1 fully saturated rings. The van der Waals surface area contributed by atoms with E-state index in [1.807, 2.05) is 37.3 Å². The van der Waals surface area contributed by atoms with E-state index in [9.17, 15) is 23.1 Å². The summed E-state index contributed by atoms with van der Waals surface area (Å²) in [4.78, 5) is 27.6. The zero-order chi connectivity index (χ0) is 26.1. The van der Waals surface area contributed by atoms with Crippen molar-refractivity contribution in [2.24, 2.45) is 5.41 Å². The van der Waals surface area contributed by atoms with Gasteiger partial charge in [-0.3, -0.25) is 9.59 Å². The number of carboxylic acids is 1. The SMILES string of the molecule is CCC(C(C)S(C)(=O)=O)N1C(=O)C(C)(CC(=O)O)CC(c2cccc(Cl)c2)C1c1ccc(Cl)cc1. The van der Waals surface area contributed by atoms with Gasteiger partial charge in [0, 0.05) is 28.3 Å². The highest BCUT2D eigenvalue weighted by Crippen LogP contribution is 2.52. The molecule has 35 heavy (non-hydrogen) atoms. The molecule has 0 radical (unpaired) electrons. The third kappa shape index (κ3) is 5.84. The molecular formula is C26H31Cl2NO5S. The second-order valence-electron chi connectivity index (χ2n) is 9.72. The maximum Gasteiger partial charge on any atom is 0.304 e. The van der Waals surface area contributed by atoms with Gasteiger partial charge in [0.2, 0.25) is 5.91 Å². The van der Waals surface area contributed by atoms with Crippen LogP contribution in [-0.2, 0) is 19.4 Å². The second kappa shape index (κ2) is 10.5.